The van der Waals surface area contributed by atoms with Gasteiger partial charge in [0.15, 0.2) is 0 Å². The molecular weight excluding hydrogens is 326 g/mol. The summed E-state index contributed by atoms with van der Waals surface area (Å²) in [6.07, 6.45) is 0. The molecule has 0 saturated heterocycles. The Hall–Kier alpha value is -3.13. The molecule has 0 atom stereocenters. The molecule has 2 heterocycles. The zero-order valence-electron chi connectivity index (χ0n) is 12.6. The third-order valence-electron chi connectivity index (χ3n) is 3.44. The van der Waals surface area contributed by atoms with E-state index >= 15 is 0 Å². The van der Waals surface area contributed by atoms with Crippen molar-refractivity contribution >= 4 is 34.4 Å². The first-order valence-electron chi connectivity index (χ1n) is 7.14. The number of carbonyl (C=O) groups is 1. The van der Waals surface area contributed by atoms with E-state index in [2.05, 4.69) is 24.2 Å². The van der Waals surface area contributed by atoms with Crippen LogP contribution in [0.25, 0.3) is 22.4 Å². The van der Waals surface area contributed by atoms with Crippen molar-refractivity contribution in [3.05, 3.63) is 53.9 Å². The highest BCUT2D eigenvalue weighted by Gasteiger charge is 2.14. The van der Waals surface area contributed by atoms with Crippen LogP contribution in [-0.4, -0.2) is 24.8 Å². The number of carbonyl (C=O) groups excluding carboxylic acids is 1. The van der Waals surface area contributed by atoms with E-state index in [4.69, 9.17) is 4.52 Å². The summed E-state index contributed by atoms with van der Waals surface area (Å²) in [5.74, 6) is 0.728. The molecule has 2 aromatic carbocycles. The molecular formula is C16H11N5O2S. The maximum atomic E-state index is 12.6. The summed E-state index contributed by atoms with van der Waals surface area (Å²) in [6.45, 7) is 1.73. The van der Waals surface area contributed by atoms with Gasteiger partial charge in [-0.2, -0.15) is 13.7 Å². The van der Waals surface area contributed by atoms with Gasteiger partial charge in [-0.25, -0.2) is 0 Å². The number of rotatable bonds is 3. The van der Waals surface area contributed by atoms with Crippen LogP contribution >= 0.6 is 11.7 Å². The number of nitrogens with zero attached hydrogens (tertiary/aromatic N) is 4. The number of fused-ring (bicyclic) bond motifs is 1. The van der Waals surface area contributed by atoms with E-state index in [1.807, 2.05) is 18.2 Å². The second-order valence-electron chi connectivity index (χ2n) is 5.11. The molecule has 0 radical (unpaired) electrons. The zero-order chi connectivity index (χ0) is 16.5. The van der Waals surface area contributed by atoms with Crippen molar-refractivity contribution < 1.29 is 9.32 Å². The van der Waals surface area contributed by atoms with E-state index < -0.39 is 0 Å². The van der Waals surface area contributed by atoms with Crippen molar-refractivity contribution in [2.24, 2.45) is 0 Å². The molecule has 24 heavy (non-hydrogen) atoms. The van der Waals surface area contributed by atoms with Gasteiger partial charge in [0, 0.05) is 18.2 Å². The standard InChI is InChI=1S/C16H11N5O2S/c1-9-17-15(19-23-9)10-4-2-5-11(8-10)18-16(22)12-6-3-7-13-14(12)21-24-20-13/h2-8H,1H3,(H,18,22). The smallest absolute Gasteiger partial charge is 0.257 e. The van der Waals surface area contributed by atoms with Gasteiger partial charge in [-0.3, -0.25) is 4.79 Å². The van der Waals surface area contributed by atoms with Crippen molar-refractivity contribution in [2.45, 2.75) is 6.92 Å². The Morgan fingerprint density at radius 1 is 1.17 bits per heavy atom. The van der Waals surface area contributed by atoms with E-state index in [1.54, 1.807) is 31.2 Å². The summed E-state index contributed by atoms with van der Waals surface area (Å²) in [6, 6.07) is 12.6. The molecule has 1 amide bonds. The summed E-state index contributed by atoms with van der Waals surface area (Å²) in [5, 5.41) is 6.75. The van der Waals surface area contributed by atoms with Gasteiger partial charge in [-0.15, -0.1) is 0 Å². The molecule has 0 aliphatic rings. The van der Waals surface area contributed by atoms with Crippen LogP contribution in [0.3, 0.4) is 0 Å². The van der Waals surface area contributed by atoms with Gasteiger partial charge in [-0.05, 0) is 24.3 Å². The monoisotopic (exact) mass is 337 g/mol. The number of nitrogens with one attached hydrogen (secondary N) is 1. The van der Waals surface area contributed by atoms with Crippen molar-refractivity contribution in [3.8, 4) is 11.4 Å². The average Bonchev–Trinajstić information content (AvgIpc) is 3.23. The van der Waals surface area contributed by atoms with Crippen LogP contribution in [0.15, 0.2) is 47.0 Å². The summed E-state index contributed by atoms with van der Waals surface area (Å²) in [4.78, 5) is 16.7. The average molecular weight is 337 g/mol. The van der Waals surface area contributed by atoms with Crippen LogP contribution in [0.2, 0.25) is 0 Å². The van der Waals surface area contributed by atoms with E-state index in [9.17, 15) is 4.79 Å². The highest BCUT2D eigenvalue weighted by molar-refractivity contribution is 7.00. The molecule has 118 valence electrons. The fourth-order valence-electron chi connectivity index (χ4n) is 2.34. The Bertz CT molecular complexity index is 1040. The first-order valence-corrected chi connectivity index (χ1v) is 7.87. The lowest BCUT2D eigenvalue weighted by Gasteiger charge is -2.06. The predicted octanol–water partition coefficient (Wildman–Crippen LogP) is 3.30. The first-order chi connectivity index (χ1) is 11.7. The minimum atomic E-state index is -0.241. The SMILES string of the molecule is Cc1nc(-c2cccc(NC(=O)c3cccc4nsnc34)c2)no1. The molecule has 0 aliphatic heterocycles. The van der Waals surface area contributed by atoms with Crippen molar-refractivity contribution in [3.63, 3.8) is 0 Å². The van der Waals surface area contributed by atoms with Crippen molar-refractivity contribution in [2.75, 3.05) is 5.32 Å². The van der Waals surface area contributed by atoms with Crippen molar-refractivity contribution in [1.29, 1.82) is 0 Å². The largest absolute Gasteiger partial charge is 0.339 e. The predicted molar refractivity (Wildman–Crippen MR) is 89.8 cm³/mol. The quantitative estimate of drug-likeness (QED) is 0.616. The highest BCUT2D eigenvalue weighted by Crippen LogP contribution is 2.22. The maximum Gasteiger partial charge on any atom is 0.257 e. The van der Waals surface area contributed by atoms with E-state index in [-0.39, 0.29) is 5.91 Å². The van der Waals surface area contributed by atoms with Gasteiger partial charge < -0.3 is 9.84 Å². The molecule has 0 unspecified atom stereocenters. The van der Waals surface area contributed by atoms with Crippen LogP contribution in [-0.2, 0) is 0 Å². The van der Waals surface area contributed by atoms with Crippen LogP contribution in [0.5, 0.6) is 0 Å². The van der Waals surface area contributed by atoms with Crippen LogP contribution < -0.4 is 5.32 Å². The lowest BCUT2D eigenvalue weighted by Crippen LogP contribution is -2.12. The zero-order valence-corrected chi connectivity index (χ0v) is 13.4. The number of benzene rings is 2. The van der Waals surface area contributed by atoms with Crippen LogP contribution in [0.1, 0.15) is 16.2 Å². The highest BCUT2D eigenvalue weighted by atomic mass is 32.1. The number of anilines is 1. The Morgan fingerprint density at radius 2 is 2.04 bits per heavy atom. The number of aryl methyl sites for hydroxylation is 1. The molecule has 8 heteroatoms. The van der Waals surface area contributed by atoms with Crippen LogP contribution in [0, 0.1) is 6.92 Å². The normalized spacial score (nSPS) is 10.9. The molecule has 0 bridgehead atoms. The van der Waals surface area contributed by atoms with E-state index in [0.717, 1.165) is 17.3 Å². The number of amides is 1. The third kappa shape index (κ3) is 2.63. The van der Waals surface area contributed by atoms with Gasteiger partial charge >= 0.3 is 0 Å². The molecule has 1 N–H and O–H groups in total. The molecule has 2 aromatic heterocycles. The summed E-state index contributed by atoms with van der Waals surface area (Å²) in [7, 11) is 0. The van der Waals surface area contributed by atoms with Gasteiger partial charge in [-0.1, -0.05) is 23.4 Å². The maximum absolute atomic E-state index is 12.6. The second-order valence-corrected chi connectivity index (χ2v) is 5.64. The van der Waals surface area contributed by atoms with Gasteiger partial charge in [0.25, 0.3) is 5.91 Å². The first kappa shape index (κ1) is 14.5. The molecule has 0 fully saturated rings. The fraction of sp³-hybridized carbons (Fsp3) is 0.0625. The van der Waals surface area contributed by atoms with Crippen LogP contribution in [0.4, 0.5) is 5.69 Å². The molecule has 4 aromatic rings. The van der Waals surface area contributed by atoms with E-state index in [0.29, 0.717) is 34.0 Å². The number of hydrogen-bond donors (Lipinski definition) is 1. The lowest BCUT2D eigenvalue weighted by atomic mass is 10.1. The molecule has 4 rings (SSSR count). The van der Waals surface area contributed by atoms with E-state index in [1.165, 1.54) is 0 Å². The Labute approximate surface area is 140 Å². The third-order valence-corrected chi connectivity index (χ3v) is 3.98. The Morgan fingerprint density at radius 3 is 2.88 bits per heavy atom. The summed E-state index contributed by atoms with van der Waals surface area (Å²) >= 11 is 1.09. The summed E-state index contributed by atoms with van der Waals surface area (Å²) in [5.41, 5.74) is 3.20. The topological polar surface area (TPSA) is 93.8 Å². The summed E-state index contributed by atoms with van der Waals surface area (Å²) < 4.78 is 13.3. The van der Waals surface area contributed by atoms with Gasteiger partial charge in [0.05, 0.1) is 17.3 Å². The molecule has 0 saturated carbocycles. The Kier molecular flexibility index (Phi) is 3.51. The fourth-order valence-corrected chi connectivity index (χ4v) is 2.89. The molecule has 0 spiro atoms. The lowest BCUT2D eigenvalue weighted by molar-refractivity contribution is 0.102. The molecule has 7 nitrogen and oxygen atoms in total. The van der Waals surface area contributed by atoms with Crippen molar-refractivity contribution in [1.82, 2.24) is 18.9 Å². The number of hydrogen-bond acceptors (Lipinski definition) is 7. The number of aromatic nitrogens is 4. The minimum absolute atomic E-state index is 0.241. The van der Waals surface area contributed by atoms with Gasteiger partial charge in [0.1, 0.15) is 11.0 Å². The minimum Gasteiger partial charge on any atom is -0.339 e. The Balaban J connectivity index is 1.63. The van der Waals surface area contributed by atoms with Gasteiger partial charge in [0.2, 0.25) is 11.7 Å². The second kappa shape index (κ2) is 5.82. The molecule has 0 aliphatic carbocycles.